The van der Waals surface area contributed by atoms with Crippen LogP contribution in [0.1, 0.15) is 0 Å². The molecule has 14 aromatic rings. The highest BCUT2D eigenvalue weighted by Crippen LogP contribution is 2.42. The van der Waals surface area contributed by atoms with Crippen molar-refractivity contribution in [2.45, 2.75) is 0 Å². The lowest BCUT2D eigenvalue weighted by molar-refractivity contribution is 0.620. The van der Waals surface area contributed by atoms with Gasteiger partial charge in [0, 0.05) is 22.6 Å². The molecule has 3 nitrogen and oxygen atoms in total. The Kier molecular flexibility index (Phi) is 11.9. The van der Waals surface area contributed by atoms with Gasteiger partial charge >= 0.3 is 0 Å². The second kappa shape index (κ2) is 20.1. The SMILES string of the molecule is c1ccc(-c2ccccc2-c2ccc(N(c3ccc(-c4ccc(-c5ccc6ccccc6c5)cc4)cc3)c3ccc(-c4ccc(-c5ccc6ccccc6c5)cc4)cc3)cc2)c(-c2ccc(-c3nc4ccccc4o3)cc2)c1. The van der Waals surface area contributed by atoms with Crippen molar-refractivity contribution in [2.24, 2.45) is 0 Å². The minimum absolute atomic E-state index is 0.621. The Labute approximate surface area is 454 Å². The van der Waals surface area contributed by atoms with Gasteiger partial charge in [-0.15, -0.1) is 0 Å². The molecule has 13 aromatic carbocycles. The zero-order chi connectivity index (χ0) is 51.8. The van der Waals surface area contributed by atoms with E-state index in [4.69, 9.17) is 9.40 Å². The monoisotopic (exact) mass is 994 g/mol. The average Bonchev–Trinajstić information content (AvgIpc) is 3.98. The molecule has 0 spiro atoms. The van der Waals surface area contributed by atoms with Crippen LogP contribution in [-0.4, -0.2) is 4.98 Å². The first-order valence-corrected chi connectivity index (χ1v) is 26.6. The van der Waals surface area contributed by atoms with E-state index in [1.165, 1.54) is 66.1 Å². The number of oxazole rings is 1. The van der Waals surface area contributed by atoms with Crippen LogP contribution >= 0.6 is 0 Å². The Morgan fingerprint density at radius 3 is 0.974 bits per heavy atom. The van der Waals surface area contributed by atoms with Crippen molar-refractivity contribution in [1.82, 2.24) is 4.98 Å². The van der Waals surface area contributed by atoms with Gasteiger partial charge in [-0.05, 0) is 172 Å². The maximum absolute atomic E-state index is 6.11. The molecule has 14 rings (SSSR count). The summed E-state index contributed by atoms with van der Waals surface area (Å²) < 4.78 is 6.11. The molecule has 0 atom stereocenters. The normalized spacial score (nSPS) is 11.3. The molecule has 0 saturated carbocycles. The van der Waals surface area contributed by atoms with E-state index in [2.05, 4.69) is 284 Å². The van der Waals surface area contributed by atoms with Crippen LogP contribution in [-0.2, 0) is 0 Å². The number of rotatable bonds is 11. The van der Waals surface area contributed by atoms with Gasteiger partial charge in [0.1, 0.15) is 5.52 Å². The van der Waals surface area contributed by atoms with Crippen LogP contribution in [0.4, 0.5) is 17.1 Å². The van der Waals surface area contributed by atoms with Gasteiger partial charge in [-0.25, -0.2) is 4.98 Å². The molecule has 0 bridgehead atoms. The number of benzene rings is 13. The summed E-state index contributed by atoms with van der Waals surface area (Å²) in [4.78, 5) is 7.10. The van der Waals surface area contributed by atoms with Gasteiger partial charge < -0.3 is 9.32 Å². The molecule has 0 unspecified atom stereocenters. The zero-order valence-corrected chi connectivity index (χ0v) is 42.7. The maximum Gasteiger partial charge on any atom is 0.227 e. The van der Waals surface area contributed by atoms with E-state index >= 15 is 0 Å². The van der Waals surface area contributed by atoms with Crippen LogP contribution in [0, 0.1) is 0 Å². The third-order valence-corrected chi connectivity index (χ3v) is 15.2. The number of hydrogen-bond acceptors (Lipinski definition) is 3. The first-order valence-electron chi connectivity index (χ1n) is 26.6. The Bertz CT molecular complexity index is 4240. The van der Waals surface area contributed by atoms with Gasteiger partial charge in [0.2, 0.25) is 5.89 Å². The van der Waals surface area contributed by atoms with Gasteiger partial charge in [-0.3, -0.25) is 0 Å². The maximum atomic E-state index is 6.11. The molecular weight excluding hydrogens is 945 g/mol. The van der Waals surface area contributed by atoms with Crippen LogP contribution < -0.4 is 4.90 Å². The lowest BCUT2D eigenvalue weighted by atomic mass is 9.89. The van der Waals surface area contributed by atoms with Crippen LogP contribution in [0.5, 0.6) is 0 Å². The third-order valence-electron chi connectivity index (χ3n) is 15.2. The number of aromatic nitrogens is 1. The van der Waals surface area contributed by atoms with E-state index in [1.54, 1.807) is 0 Å². The van der Waals surface area contributed by atoms with Crippen molar-refractivity contribution in [3.8, 4) is 89.3 Å². The molecule has 0 aliphatic heterocycles. The fourth-order valence-corrected chi connectivity index (χ4v) is 11.0. The molecule has 0 aliphatic carbocycles. The Morgan fingerprint density at radius 1 is 0.231 bits per heavy atom. The quantitative estimate of drug-likeness (QED) is 0.129. The van der Waals surface area contributed by atoms with Crippen molar-refractivity contribution in [2.75, 3.05) is 4.90 Å². The van der Waals surface area contributed by atoms with Gasteiger partial charge in [0.15, 0.2) is 5.58 Å². The first-order chi connectivity index (χ1) is 38.6. The molecule has 3 heteroatoms. The van der Waals surface area contributed by atoms with E-state index in [9.17, 15) is 0 Å². The highest BCUT2D eigenvalue weighted by Gasteiger charge is 2.17. The molecule has 1 aromatic heterocycles. The van der Waals surface area contributed by atoms with Crippen molar-refractivity contribution in [3.05, 3.63) is 303 Å². The van der Waals surface area contributed by atoms with Crippen LogP contribution in [0.25, 0.3) is 122 Å². The predicted octanol–water partition coefficient (Wildman–Crippen LogP) is 20.9. The molecular formula is C75H50N2O. The van der Waals surface area contributed by atoms with Gasteiger partial charge in [0.05, 0.1) is 0 Å². The number of hydrogen-bond donors (Lipinski definition) is 0. The van der Waals surface area contributed by atoms with Gasteiger partial charge in [-0.1, -0.05) is 231 Å². The molecule has 1 heterocycles. The molecule has 0 saturated heterocycles. The molecule has 78 heavy (non-hydrogen) atoms. The average molecular weight is 995 g/mol. The molecule has 0 radical (unpaired) electrons. The standard InChI is InChI=1S/C75H50N2O/c1-3-13-62-49-64(35-29-51(62)11-1)57-25-21-53(22-26-57)55-37-43-66(44-38-55)77(67-45-39-56(40-46-67)54-23-27-58(28-24-54)65-36-30-52-12-2-4-14-63(52)50-65)68-47-41-60(42-48-68)70-16-6-8-18-72(70)71-17-7-5-15-69(71)59-31-33-61(34-32-59)75-76-73-19-9-10-20-74(73)78-75/h1-50H. The largest absolute Gasteiger partial charge is 0.436 e. The molecule has 0 aliphatic rings. The van der Waals surface area contributed by atoms with Gasteiger partial charge in [-0.2, -0.15) is 0 Å². The fraction of sp³-hybridized carbons (Fsp3) is 0. The fourth-order valence-electron chi connectivity index (χ4n) is 11.0. The van der Waals surface area contributed by atoms with Crippen molar-refractivity contribution in [1.29, 1.82) is 0 Å². The number of fused-ring (bicyclic) bond motifs is 3. The molecule has 0 N–H and O–H groups in total. The number of anilines is 3. The number of para-hydroxylation sites is 2. The molecule has 366 valence electrons. The Balaban J connectivity index is 0.775. The van der Waals surface area contributed by atoms with E-state index in [-0.39, 0.29) is 0 Å². The minimum Gasteiger partial charge on any atom is -0.436 e. The van der Waals surface area contributed by atoms with Crippen molar-refractivity contribution >= 4 is 49.7 Å². The van der Waals surface area contributed by atoms with Crippen molar-refractivity contribution < 1.29 is 4.42 Å². The van der Waals surface area contributed by atoms with E-state index in [0.29, 0.717) is 5.89 Å². The summed E-state index contributed by atoms with van der Waals surface area (Å²) in [7, 11) is 0. The summed E-state index contributed by atoms with van der Waals surface area (Å²) in [5, 5.41) is 5.00. The summed E-state index contributed by atoms with van der Waals surface area (Å²) in [5.41, 5.74) is 22.2. The van der Waals surface area contributed by atoms with E-state index in [0.717, 1.165) is 67.1 Å². The topological polar surface area (TPSA) is 29.3 Å². The van der Waals surface area contributed by atoms with Crippen molar-refractivity contribution in [3.63, 3.8) is 0 Å². The summed E-state index contributed by atoms with van der Waals surface area (Å²) in [6.07, 6.45) is 0. The van der Waals surface area contributed by atoms with E-state index < -0.39 is 0 Å². The second-order valence-corrected chi connectivity index (χ2v) is 19.9. The summed E-state index contributed by atoms with van der Waals surface area (Å²) >= 11 is 0. The number of nitrogens with zero attached hydrogens (tertiary/aromatic N) is 2. The summed E-state index contributed by atoms with van der Waals surface area (Å²) in [6, 6.07) is 109. The third kappa shape index (κ3) is 9.00. The minimum atomic E-state index is 0.621. The first kappa shape index (κ1) is 46.2. The van der Waals surface area contributed by atoms with Crippen LogP contribution in [0.15, 0.2) is 308 Å². The zero-order valence-electron chi connectivity index (χ0n) is 42.7. The highest BCUT2D eigenvalue weighted by molar-refractivity contribution is 5.94. The van der Waals surface area contributed by atoms with Gasteiger partial charge in [0.25, 0.3) is 0 Å². The lowest BCUT2D eigenvalue weighted by Gasteiger charge is -2.26. The summed E-state index contributed by atoms with van der Waals surface area (Å²) in [6.45, 7) is 0. The van der Waals surface area contributed by atoms with Crippen LogP contribution in [0.2, 0.25) is 0 Å². The smallest absolute Gasteiger partial charge is 0.227 e. The van der Waals surface area contributed by atoms with Crippen LogP contribution in [0.3, 0.4) is 0 Å². The summed E-state index contributed by atoms with van der Waals surface area (Å²) in [5.74, 6) is 0.621. The van der Waals surface area contributed by atoms with E-state index in [1.807, 2.05) is 24.3 Å². The Hall–Kier alpha value is -10.4. The lowest BCUT2D eigenvalue weighted by Crippen LogP contribution is -2.09. The Morgan fingerprint density at radius 2 is 0.538 bits per heavy atom. The highest BCUT2D eigenvalue weighted by atomic mass is 16.3. The molecule has 0 fully saturated rings. The predicted molar refractivity (Wildman–Crippen MR) is 327 cm³/mol. The second-order valence-electron chi connectivity index (χ2n) is 19.9. The molecule has 0 amide bonds.